The quantitative estimate of drug-likeness (QED) is 0.446. The van der Waals surface area contributed by atoms with Crippen LogP contribution in [0.2, 0.25) is 0 Å². The van der Waals surface area contributed by atoms with E-state index in [0.717, 1.165) is 17.1 Å². The van der Waals surface area contributed by atoms with Crippen LogP contribution >= 0.6 is 0 Å². The van der Waals surface area contributed by atoms with Gasteiger partial charge in [0.25, 0.3) is 0 Å². The summed E-state index contributed by atoms with van der Waals surface area (Å²) < 4.78 is 16.5. The molecule has 0 radical (unpaired) electrons. The first kappa shape index (κ1) is 20.1. The van der Waals surface area contributed by atoms with Crippen molar-refractivity contribution in [2.24, 2.45) is 5.16 Å². The maximum atomic E-state index is 7.74. The Labute approximate surface area is 179 Å². The van der Waals surface area contributed by atoms with Crippen LogP contribution in [0.4, 0.5) is 0 Å². The van der Waals surface area contributed by atoms with Crippen LogP contribution < -0.4 is 9.47 Å². The average molecular weight is 416 g/mol. The predicted octanol–water partition coefficient (Wildman–Crippen LogP) is 5.07. The third-order valence-electron chi connectivity index (χ3n) is 4.33. The van der Waals surface area contributed by atoms with E-state index in [1.54, 1.807) is 12.1 Å². The minimum absolute atomic E-state index is 0.0738. The topological polar surface area (TPSA) is 110 Å². The molecule has 2 heterocycles. The second-order valence-corrected chi connectivity index (χ2v) is 6.74. The Kier molecular flexibility index (Phi) is 5.89. The number of benzene rings is 2. The molecule has 0 aliphatic carbocycles. The molecule has 1 aliphatic heterocycles. The molecule has 8 nitrogen and oxygen atoms in total. The second kappa shape index (κ2) is 9.08. The molecule has 0 amide bonds. The molecule has 1 aliphatic rings. The van der Waals surface area contributed by atoms with Crippen molar-refractivity contribution in [2.75, 3.05) is 0 Å². The zero-order valence-corrected chi connectivity index (χ0v) is 16.7. The number of para-hydroxylation sites is 1. The molecular weight excluding hydrogens is 396 g/mol. The normalized spacial score (nSPS) is 14.9. The van der Waals surface area contributed by atoms with Gasteiger partial charge in [0.15, 0.2) is 12.0 Å². The molecule has 156 valence electrons. The predicted molar refractivity (Wildman–Crippen MR) is 115 cm³/mol. The van der Waals surface area contributed by atoms with Crippen molar-refractivity contribution in [3.8, 4) is 17.2 Å². The van der Waals surface area contributed by atoms with E-state index in [1.807, 2.05) is 54.6 Å². The van der Waals surface area contributed by atoms with Gasteiger partial charge in [0.2, 0.25) is 11.8 Å². The van der Waals surface area contributed by atoms with Gasteiger partial charge in [-0.2, -0.15) is 0 Å². The highest BCUT2D eigenvalue weighted by Gasteiger charge is 2.24. The molecule has 2 N–H and O–H groups in total. The summed E-state index contributed by atoms with van der Waals surface area (Å²) in [7, 11) is 0. The highest BCUT2D eigenvalue weighted by atomic mass is 16.7. The van der Waals surface area contributed by atoms with Gasteiger partial charge in [0.1, 0.15) is 22.9 Å². The van der Waals surface area contributed by atoms with Crippen LogP contribution in [-0.4, -0.2) is 22.7 Å². The van der Waals surface area contributed by atoms with Crippen LogP contribution in [0.1, 0.15) is 30.7 Å². The molecule has 0 bridgehead atoms. The van der Waals surface area contributed by atoms with Gasteiger partial charge in [-0.15, -0.1) is 0 Å². The average Bonchev–Trinajstić information content (AvgIpc) is 3.23. The van der Waals surface area contributed by atoms with Gasteiger partial charge in [-0.25, -0.2) is 4.98 Å². The lowest BCUT2D eigenvalue weighted by molar-refractivity contribution is 0.0855. The molecule has 4 rings (SSSR count). The van der Waals surface area contributed by atoms with Gasteiger partial charge in [-0.3, -0.25) is 10.8 Å². The van der Waals surface area contributed by atoms with Crippen molar-refractivity contribution in [2.45, 2.75) is 19.4 Å². The van der Waals surface area contributed by atoms with Gasteiger partial charge in [-0.1, -0.05) is 35.5 Å². The van der Waals surface area contributed by atoms with E-state index in [-0.39, 0.29) is 17.9 Å². The fourth-order valence-corrected chi connectivity index (χ4v) is 2.89. The number of rotatable bonds is 5. The summed E-state index contributed by atoms with van der Waals surface area (Å²) in [6.45, 7) is 1.45. The molecule has 0 saturated carbocycles. The number of oxime groups is 1. The number of ether oxygens (including phenoxy) is 3. The molecule has 0 saturated heterocycles. The molecule has 2 aromatic carbocycles. The standard InChI is InChI=1S/C23H20N4O4/c1-15(24)28-23(25)20-12-11-19(14-26-20)30-22-13-21(31-27-22)16-7-9-18(10-8-16)29-17-5-3-2-4-6-17/h2-12,14,21,24-25H,13H2,1H3. The largest absolute Gasteiger partial charge is 0.457 e. The Morgan fingerprint density at radius 3 is 2.29 bits per heavy atom. The van der Waals surface area contributed by atoms with Crippen molar-refractivity contribution >= 4 is 17.7 Å². The second-order valence-electron chi connectivity index (χ2n) is 6.74. The van der Waals surface area contributed by atoms with E-state index in [9.17, 15) is 0 Å². The maximum absolute atomic E-state index is 7.74. The molecule has 8 heteroatoms. The summed E-state index contributed by atoms with van der Waals surface area (Å²) in [6.07, 6.45) is 1.70. The Hall–Kier alpha value is -4.20. The number of hydrogen-bond acceptors (Lipinski definition) is 8. The van der Waals surface area contributed by atoms with Gasteiger partial charge in [0, 0.05) is 6.92 Å². The van der Waals surface area contributed by atoms with Crippen LogP contribution in [0.25, 0.3) is 0 Å². The molecule has 1 atom stereocenters. The maximum Gasteiger partial charge on any atom is 0.239 e. The van der Waals surface area contributed by atoms with Gasteiger partial charge in [0.05, 0.1) is 12.6 Å². The lowest BCUT2D eigenvalue weighted by Crippen LogP contribution is -2.11. The highest BCUT2D eigenvalue weighted by Crippen LogP contribution is 2.30. The smallest absolute Gasteiger partial charge is 0.239 e. The van der Waals surface area contributed by atoms with E-state index in [4.69, 9.17) is 29.9 Å². The summed E-state index contributed by atoms with van der Waals surface area (Å²) in [5.41, 5.74) is 1.27. The molecule has 1 unspecified atom stereocenters. The fraction of sp³-hybridized carbons (Fsp3) is 0.130. The van der Waals surface area contributed by atoms with E-state index < -0.39 is 0 Å². The van der Waals surface area contributed by atoms with Gasteiger partial charge >= 0.3 is 0 Å². The highest BCUT2D eigenvalue weighted by molar-refractivity contribution is 5.97. The van der Waals surface area contributed by atoms with Crippen molar-refractivity contribution in [1.82, 2.24) is 4.98 Å². The van der Waals surface area contributed by atoms with Crippen LogP contribution in [0, 0.1) is 10.8 Å². The SMILES string of the molecule is CC(=N)OC(=N)c1ccc(OC2=NOC(c3ccc(Oc4ccccc4)cc3)C2)cn1. The lowest BCUT2D eigenvalue weighted by Gasteiger charge is -2.10. The number of pyridine rings is 1. The summed E-state index contributed by atoms with van der Waals surface area (Å²) in [6, 6.07) is 20.5. The third-order valence-corrected chi connectivity index (χ3v) is 4.33. The summed E-state index contributed by atoms with van der Waals surface area (Å²) in [5.74, 6) is 2.16. The summed E-state index contributed by atoms with van der Waals surface area (Å²) in [4.78, 5) is 9.63. The molecular formula is C23H20N4O4. The van der Waals surface area contributed by atoms with E-state index in [0.29, 0.717) is 23.8 Å². The van der Waals surface area contributed by atoms with E-state index >= 15 is 0 Å². The van der Waals surface area contributed by atoms with Gasteiger partial charge in [-0.05, 0) is 42.0 Å². The molecule has 1 aromatic heterocycles. The lowest BCUT2D eigenvalue weighted by atomic mass is 10.1. The number of hydrogen-bond donors (Lipinski definition) is 2. The van der Waals surface area contributed by atoms with Crippen molar-refractivity contribution in [3.05, 3.63) is 84.2 Å². The van der Waals surface area contributed by atoms with Crippen LogP contribution in [0.5, 0.6) is 17.2 Å². The monoisotopic (exact) mass is 416 g/mol. The first-order valence-electron chi connectivity index (χ1n) is 9.58. The molecule has 3 aromatic rings. The first-order valence-corrected chi connectivity index (χ1v) is 9.58. The van der Waals surface area contributed by atoms with Gasteiger partial charge < -0.3 is 19.0 Å². The van der Waals surface area contributed by atoms with Crippen molar-refractivity contribution in [1.29, 1.82) is 10.8 Å². The van der Waals surface area contributed by atoms with Crippen molar-refractivity contribution in [3.63, 3.8) is 0 Å². The Bertz CT molecular complexity index is 1100. The third kappa shape index (κ3) is 5.24. The molecule has 0 spiro atoms. The zero-order valence-electron chi connectivity index (χ0n) is 16.7. The van der Waals surface area contributed by atoms with Crippen LogP contribution in [-0.2, 0) is 9.57 Å². The van der Waals surface area contributed by atoms with Crippen LogP contribution in [0.15, 0.2) is 78.1 Å². The van der Waals surface area contributed by atoms with Crippen molar-refractivity contribution < 1.29 is 19.0 Å². The molecule has 31 heavy (non-hydrogen) atoms. The van der Waals surface area contributed by atoms with Crippen LogP contribution in [0.3, 0.4) is 0 Å². The summed E-state index contributed by atoms with van der Waals surface area (Å²) >= 11 is 0. The molecule has 0 fully saturated rings. The Morgan fingerprint density at radius 1 is 0.903 bits per heavy atom. The van der Waals surface area contributed by atoms with E-state index in [2.05, 4.69) is 10.1 Å². The zero-order chi connectivity index (χ0) is 21.6. The fourth-order valence-electron chi connectivity index (χ4n) is 2.89. The Morgan fingerprint density at radius 2 is 1.61 bits per heavy atom. The number of aromatic nitrogens is 1. The first-order chi connectivity index (χ1) is 15.1. The Balaban J connectivity index is 1.32. The number of nitrogens with zero attached hydrogens (tertiary/aromatic N) is 2. The minimum Gasteiger partial charge on any atom is -0.457 e. The number of nitrogens with one attached hydrogen (secondary N) is 2. The minimum atomic E-state index is -0.245. The van der Waals surface area contributed by atoms with E-state index in [1.165, 1.54) is 13.1 Å². The summed E-state index contributed by atoms with van der Waals surface area (Å²) in [5, 5.41) is 19.0.